The summed E-state index contributed by atoms with van der Waals surface area (Å²) in [5.74, 6) is 0.262. The van der Waals surface area contributed by atoms with Gasteiger partial charge < -0.3 is 0 Å². The van der Waals surface area contributed by atoms with Crippen LogP contribution in [0.1, 0.15) is 54.1 Å². The van der Waals surface area contributed by atoms with Crippen LogP contribution in [0.5, 0.6) is 0 Å². The number of carbonyl (C=O) groups is 1. The molecule has 0 saturated heterocycles. The van der Waals surface area contributed by atoms with Crippen molar-refractivity contribution in [3.63, 3.8) is 0 Å². The number of carbonyl (C=O) groups excluding carboxylic acids is 1. The van der Waals surface area contributed by atoms with Crippen molar-refractivity contribution in [1.82, 2.24) is 0 Å². The number of halogens is 1. The molecule has 0 atom stereocenters. The second kappa shape index (κ2) is 5.32. The zero-order valence-corrected chi connectivity index (χ0v) is 9.90. The van der Waals surface area contributed by atoms with Crippen LogP contribution >= 0.6 is 12.4 Å². The van der Waals surface area contributed by atoms with Gasteiger partial charge in [-0.3, -0.25) is 4.79 Å². The Kier molecular flexibility index (Phi) is 4.34. The van der Waals surface area contributed by atoms with Crippen molar-refractivity contribution in [2.45, 2.75) is 39.0 Å². The number of ketones is 1. The average molecular weight is 225 g/mol. The summed E-state index contributed by atoms with van der Waals surface area (Å²) in [7, 11) is 0. The molecule has 0 aromatic heterocycles. The first-order chi connectivity index (χ1) is 6.83. The van der Waals surface area contributed by atoms with Gasteiger partial charge >= 0.3 is 0 Å². The summed E-state index contributed by atoms with van der Waals surface area (Å²) in [6.45, 7) is 2.22. The summed E-state index contributed by atoms with van der Waals surface area (Å²) >= 11 is 0. The number of rotatable bonds is 5. The van der Waals surface area contributed by atoms with Crippen LogP contribution in [-0.2, 0) is 6.42 Å². The molecule has 0 spiro atoms. The van der Waals surface area contributed by atoms with Crippen molar-refractivity contribution in [3.05, 3.63) is 34.9 Å². The van der Waals surface area contributed by atoms with E-state index in [1.54, 1.807) is 0 Å². The van der Waals surface area contributed by atoms with Crippen molar-refractivity contribution in [3.8, 4) is 0 Å². The van der Waals surface area contributed by atoms with Crippen LogP contribution in [0.25, 0.3) is 0 Å². The summed E-state index contributed by atoms with van der Waals surface area (Å²) in [5.41, 5.74) is 3.11. The molecule has 2 aliphatic rings. The van der Waals surface area contributed by atoms with Gasteiger partial charge in [-0.1, -0.05) is 38.3 Å². The molecule has 0 fully saturated rings. The van der Waals surface area contributed by atoms with E-state index in [9.17, 15) is 4.79 Å². The molecule has 0 amide bonds. The van der Waals surface area contributed by atoms with Crippen LogP contribution in [0.2, 0.25) is 0 Å². The molecule has 1 aromatic rings. The molecule has 3 rings (SSSR count). The van der Waals surface area contributed by atoms with Crippen LogP contribution in [0.3, 0.4) is 0 Å². The summed E-state index contributed by atoms with van der Waals surface area (Å²) in [5, 5.41) is 0. The largest absolute Gasteiger partial charge is 0.289 e. The maximum Gasteiger partial charge on any atom is 0.193 e. The predicted molar refractivity (Wildman–Crippen MR) is 65.0 cm³/mol. The highest BCUT2D eigenvalue weighted by Gasteiger charge is 2.22. The molecule has 0 radical (unpaired) electrons. The Balaban J connectivity index is 0.00000112. The molecule has 15 heavy (non-hydrogen) atoms. The van der Waals surface area contributed by atoms with E-state index >= 15 is 0 Å². The van der Waals surface area contributed by atoms with Crippen molar-refractivity contribution in [1.29, 1.82) is 0 Å². The van der Waals surface area contributed by atoms with E-state index in [1.807, 2.05) is 12.1 Å². The maximum atomic E-state index is 11.4. The molecule has 2 bridgehead atoms. The first-order valence-electron chi connectivity index (χ1n) is 5.50. The second-order valence-electron chi connectivity index (χ2n) is 4.01. The average Bonchev–Trinajstić information content (AvgIpc) is 2.24. The first-order valence-corrected chi connectivity index (χ1v) is 5.50. The van der Waals surface area contributed by atoms with Crippen LogP contribution in [0, 0.1) is 0 Å². The molecule has 0 unspecified atom stereocenters. The van der Waals surface area contributed by atoms with Crippen molar-refractivity contribution < 1.29 is 4.79 Å². The van der Waals surface area contributed by atoms with E-state index in [-0.39, 0.29) is 18.2 Å². The van der Waals surface area contributed by atoms with Gasteiger partial charge in [0.2, 0.25) is 0 Å². The van der Waals surface area contributed by atoms with Crippen molar-refractivity contribution in [2.75, 3.05) is 0 Å². The van der Waals surface area contributed by atoms with Gasteiger partial charge in [0.05, 0.1) is 0 Å². The van der Waals surface area contributed by atoms with E-state index in [1.165, 1.54) is 31.2 Å². The second-order valence-corrected chi connectivity index (χ2v) is 4.01. The summed E-state index contributed by atoms with van der Waals surface area (Å²) in [4.78, 5) is 11.4. The van der Waals surface area contributed by atoms with Crippen LogP contribution in [0.4, 0.5) is 0 Å². The number of fused-ring (bicyclic) bond motifs is 2. The minimum Gasteiger partial charge on any atom is -0.289 e. The number of hydrogen-bond donors (Lipinski definition) is 0. The van der Waals surface area contributed by atoms with Gasteiger partial charge in [-0.15, -0.1) is 12.4 Å². The van der Waals surface area contributed by atoms with Crippen LogP contribution < -0.4 is 0 Å². The Hall–Kier alpha value is -0.820. The Morgan fingerprint density at radius 2 is 1.93 bits per heavy atom. The molecule has 1 aromatic carbocycles. The van der Waals surface area contributed by atoms with Gasteiger partial charge in [-0.25, -0.2) is 0 Å². The van der Waals surface area contributed by atoms with Gasteiger partial charge in [0, 0.05) is 11.1 Å². The number of aryl methyl sites for hydroxylation is 1. The van der Waals surface area contributed by atoms with Crippen molar-refractivity contribution >= 4 is 18.2 Å². The predicted octanol–water partition coefficient (Wildman–Crippen LogP) is 3.78. The fraction of sp³-hybridized carbons (Fsp3) is 0.462. The van der Waals surface area contributed by atoms with Crippen LogP contribution in [-0.4, -0.2) is 5.78 Å². The molecular weight excluding hydrogens is 208 g/mol. The zero-order valence-electron chi connectivity index (χ0n) is 9.08. The molecule has 1 nitrogen and oxygen atoms in total. The third kappa shape index (κ3) is 2.40. The van der Waals surface area contributed by atoms with Crippen molar-refractivity contribution in [2.24, 2.45) is 0 Å². The van der Waals surface area contributed by atoms with Gasteiger partial charge in [0.25, 0.3) is 0 Å². The number of benzene rings is 1. The number of unbranched alkanes of at least 4 members (excludes halogenated alkanes) is 3. The Morgan fingerprint density at radius 1 is 1.13 bits per heavy atom. The highest BCUT2D eigenvalue weighted by Crippen LogP contribution is 2.26. The fourth-order valence-corrected chi connectivity index (χ4v) is 1.97. The zero-order chi connectivity index (χ0) is 9.97. The molecule has 0 N–H and O–H groups in total. The molecule has 0 heterocycles. The smallest absolute Gasteiger partial charge is 0.193 e. The maximum absolute atomic E-state index is 11.4. The van der Waals surface area contributed by atoms with Crippen LogP contribution in [0.15, 0.2) is 18.2 Å². The minimum atomic E-state index is 0. The van der Waals surface area contributed by atoms with E-state index in [2.05, 4.69) is 13.0 Å². The Labute approximate surface area is 97.3 Å². The fourth-order valence-electron chi connectivity index (χ4n) is 1.97. The normalized spacial score (nSPS) is 11.9. The Morgan fingerprint density at radius 3 is 2.53 bits per heavy atom. The van der Waals surface area contributed by atoms with E-state index in [0.717, 1.165) is 17.5 Å². The van der Waals surface area contributed by atoms with Gasteiger partial charge in [0.15, 0.2) is 5.78 Å². The van der Waals surface area contributed by atoms with E-state index < -0.39 is 0 Å². The van der Waals surface area contributed by atoms with E-state index in [0.29, 0.717) is 0 Å². The summed E-state index contributed by atoms with van der Waals surface area (Å²) < 4.78 is 0. The minimum absolute atomic E-state index is 0. The molecule has 2 aliphatic carbocycles. The summed E-state index contributed by atoms with van der Waals surface area (Å²) in [6, 6.07) is 6.07. The van der Waals surface area contributed by atoms with E-state index in [4.69, 9.17) is 0 Å². The quantitative estimate of drug-likeness (QED) is 0.707. The highest BCUT2D eigenvalue weighted by atomic mass is 35.5. The lowest BCUT2D eigenvalue weighted by atomic mass is 9.85. The number of hydrogen-bond acceptors (Lipinski definition) is 1. The molecule has 0 aliphatic heterocycles. The molecule has 0 saturated carbocycles. The third-order valence-corrected chi connectivity index (χ3v) is 2.92. The lowest BCUT2D eigenvalue weighted by Crippen LogP contribution is -2.15. The molecule has 2 heteroatoms. The topological polar surface area (TPSA) is 17.1 Å². The van der Waals surface area contributed by atoms with Gasteiger partial charge in [0.1, 0.15) is 0 Å². The lowest BCUT2D eigenvalue weighted by Gasteiger charge is -2.17. The first kappa shape index (κ1) is 12.3. The monoisotopic (exact) mass is 224 g/mol. The summed E-state index contributed by atoms with van der Waals surface area (Å²) in [6.07, 6.45) is 6.15. The third-order valence-electron chi connectivity index (χ3n) is 2.92. The molecule has 82 valence electrons. The molecular formula is C13H17ClO. The standard InChI is InChI=1S/C13H16O.ClH/c1-2-3-4-5-6-10-7-8-11-9-12(10)13(11)14;/h7-9H,2-6H2,1H3;1H. The lowest BCUT2D eigenvalue weighted by molar-refractivity contribution is 0.102. The SMILES string of the molecule is CCCCCCc1ccc2cc1C2=O.Cl. The van der Waals surface area contributed by atoms with Gasteiger partial charge in [-0.05, 0) is 24.5 Å². The highest BCUT2D eigenvalue weighted by molar-refractivity contribution is 6.17. The Bertz CT molecular complexity index is 354. The van der Waals surface area contributed by atoms with Gasteiger partial charge in [-0.2, -0.15) is 0 Å².